The van der Waals surface area contributed by atoms with Gasteiger partial charge in [0, 0.05) is 24.4 Å². The zero-order valence-corrected chi connectivity index (χ0v) is 11.5. The SMILES string of the molecule is CC(=O)N(C(C)=O)C(Br)c1ccc(F)cc1Cl. The molecule has 0 radical (unpaired) electrons. The van der Waals surface area contributed by atoms with Gasteiger partial charge in [-0.05, 0) is 12.1 Å². The Bertz CT molecular complexity index is 453. The van der Waals surface area contributed by atoms with Crippen LogP contribution < -0.4 is 0 Å². The van der Waals surface area contributed by atoms with E-state index in [4.69, 9.17) is 11.6 Å². The number of alkyl halides is 1. The van der Waals surface area contributed by atoms with Crippen molar-refractivity contribution < 1.29 is 14.0 Å². The molecule has 0 aromatic heterocycles. The van der Waals surface area contributed by atoms with Gasteiger partial charge in [0.25, 0.3) is 0 Å². The first-order valence-corrected chi connectivity index (χ1v) is 6.03. The van der Waals surface area contributed by atoms with Gasteiger partial charge in [0.2, 0.25) is 11.8 Å². The van der Waals surface area contributed by atoms with Crippen LogP contribution in [0.4, 0.5) is 4.39 Å². The summed E-state index contributed by atoms with van der Waals surface area (Å²) in [6.45, 7) is 2.54. The number of rotatable bonds is 2. The molecule has 0 aliphatic carbocycles. The summed E-state index contributed by atoms with van der Waals surface area (Å²) in [4.78, 5) is 23.0. The average Bonchev–Trinajstić information content (AvgIpc) is 2.15. The fourth-order valence-electron chi connectivity index (χ4n) is 1.37. The third-order valence-electron chi connectivity index (χ3n) is 2.12. The van der Waals surface area contributed by atoms with E-state index >= 15 is 0 Å². The normalized spacial score (nSPS) is 12.1. The van der Waals surface area contributed by atoms with Crippen molar-refractivity contribution in [1.29, 1.82) is 0 Å². The number of hydrogen-bond acceptors (Lipinski definition) is 2. The lowest BCUT2D eigenvalue weighted by atomic mass is 10.2. The molecule has 92 valence electrons. The molecule has 1 atom stereocenters. The van der Waals surface area contributed by atoms with E-state index in [0.29, 0.717) is 5.56 Å². The Balaban J connectivity index is 3.14. The monoisotopic (exact) mass is 321 g/mol. The number of carbonyl (C=O) groups excluding carboxylic acids is 2. The Morgan fingerprint density at radius 3 is 2.29 bits per heavy atom. The maximum absolute atomic E-state index is 12.9. The van der Waals surface area contributed by atoms with Gasteiger partial charge in [-0.2, -0.15) is 0 Å². The first-order valence-electron chi connectivity index (χ1n) is 4.74. The van der Waals surface area contributed by atoms with Crippen LogP contribution in [-0.2, 0) is 9.59 Å². The fraction of sp³-hybridized carbons (Fsp3) is 0.273. The number of amides is 2. The molecule has 3 nitrogen and oxygen atoms in total. The van der Waals surface area contributed by atoms with E-state index in [1.54, 1.807) is 0 Å². The van der Waals surface area contributed by atoms with Gasteiger partial charge < -0.3 is 0 Å². The molecule has 1 unspecified atom stereocenters. The minimum absolute atomic E-state index is 0.152. The van der Waals surface area contributed by atoms with Crippen LogP contribution in [0.25, 0.3) is 0 Å². The van der Waals surface area contributed by atoms with Gasteiger partial charge in [-0.1, -0.05) is 33.6 Å². The molecule has 0 aliphatic rings. The summed E-state index contributed by atoms with van der Waals surface area (Å²) in [5, 5.41) is 0.152. The van der Waals surface area contributed by atoms with Gasteiger partial charge in [-0.3, -0.25) is 14.5 Å². The lowest BCUT2D eigenvalue weighted by Crippen LogP contribution is -2.34. The van der Waals surface area contributed by atoms with Gasteiger partial charge in [0.15, 0.2) is 0 Å². The van der Waals surface area contributed by atoms with Gasteiger partial charge >= 0.3 is 0 Å². The molecule has 0 heterocycles. The largest absolute Gasteiger partial charge is 0.275 e. The summed E-state index contributed by atoms with van der Waals surface area (Å²) >= 11 is 9.06. The van der Waals surface area contributed by atoms with Gasteiger partial charge in [0.1, 0.15) is 10.8 Å². The van der Waals surface area contributed by atoms with Crippen molar-refractivity contribution in [3.8, 4) is 0 Å². The summed E-state index contributed by atoms with van der Waals surface area (Å²) in [6.07, 6.45) is 0. The summed E-state index contributed by atoms with van der Waals surface area (Å²) in [6, 6.07) is 3.77. The van der Waals surface area contributed by atoms with Crippen molar-refractivity contribution in [3.05, 3.63) is 34.6 Å². The molecule has 6 heteroatoms. The topological polar surface area (TPSA) is 37.4 Å². The highest BCUT2D eigenvalue weighted by atomic mass is 79.9. The second-order valence-corrected chi connectivity index (χ2v) is 4.68. The predicted molar refractivity (Wildman–Crippen MR) is 66.3 cm³/mol. The van der Waals surface area contributed by atoms with Crippen LogP contribution in [0.15, 0.2) is 18.2 Å². The third-order valence-corrected chi connectivity index (χ3v) is 3.35. The smallest absolute Gasteiger partial charge is 0.227 e. The van der Waals surface area contributed by atoms with Gasteiger partial charge in [-0.15, -0.1) is 0 Å². The zero-order valence-electron chi connectivity index (χ0n) is 9.21. The Morgan fingerprint density at radius 1 is 1.35 bits per heavy atom. The quantitative estimate of drug-likeness (QED) is 0.619. The highest BCUT2D eigenvalue weighted by Crippen LogP contribution is 2.33. The molecule has 0 saturated heterocycles. The summed E-state index contributed by atoms with van der Waals surface area (Å²) in [5.74, 6) is -1.31. The Hall–Kier alpha value is -0.940. The molecule has 1 rings (SSSR count). The van der Waals surface area contributed by atoms with E-state index in [-0.39, 0.29) is 5.02 Å². The van der Waals surface area contributed by atoms with Crippen molar-refractivity contribution in [2.45, 2.75) is 18.8 Å². The Kier molecular flexibility index (Phi) is 4.65. The molecule has 0 saturated carbocycles. The van der Waals surface area contributed by atoms with E-state index in [1.165, 1.54) is 26.0 Å². The number of halogens is 3. The van der Waals surface area contributed by atoms with E-state index < -0.39 is 22.6 Å². The van der Waals surface area contributed by atoms with Crippen LogP contribution in [0.5, 0.6) is 0 Å². The lowest BCUT2D eigenvalue weighted by molar-refractivity contribution is -0.142. The molecule has 1 aromatic rings. The molecule has 1 aromatic carbocycles. The Morgan fingerprint density at radius 2 is 1.88 bits per heavy atom. The molecule has 17 heavy (non-hydrogen) atoms. The van der Waals surface area contributed by atoms with Crippen molar-refractivity contribution in [1.82, 2.24) is 4.90 Å². The zero-order chi connectivity index (χ0) is 13.2. The maximum atomic E-state index is 12.9. The number of nitrogens with zero attached hydrogens (tertiary/aromatic N) is 1. The van der Waals surface area contributed by atoms with Crippen LogP contribution in [0.2, 0.25) is 5.02 Å². The lowest BCUT2D eigenvalue weighted by Gasteiger charge is -2.24. The second kappa shape index (κ2) is 5.60. The average molecular weight is 323 g/mol. The maximum Gasteiger partial charge on any atom is 0.227 e. The van der Waals surface area contributed by atoms with Crippen LogP contribution in [-0.4, -0.2) is 16.7 Å². The molecule has 0 aliphatic heterocycles. The summed E-state index contributed by atoms with van der Waals surface area (Å²) in [7, 11) is 0. The summed E-state index contributed by atoms with van der Waals surface area (Å²) in [5.41, 5.74) is 0.457. The van der Waals surface area contributed by atoms with Crippen molar-refractivity contribution in [2.24, 2.45) is 0 Å². The fourth-order valence-corrected chi connectivity index (χ4v) is 2.75. The first-order chi connectivity index (χ1) is 7.84. The Labute approximate surface area is 112 Å². The molecular weight excluding hydrogens is 312 g/mol. The van der Waals surface area contributed by atoms with Crippen LogP contribution in [0, 0.1) is 5.82 Å². The third kappa shape index (κ3) is 3.26. The molecule has 0 N–H and O–H groups in total. The van der Waals surface area contributed by atoms with Crippen molar-refractivity contribution in [2.75, 3.05) is 0 Å². The highest BCUT2D eigenvalue weighted by Gasteiger charge is 2.25. The molecule has 0 bridgehead atoms. The van der Waals surface area contributed by atoms with Crippen LogP contribution >= 0.6 is 27.5 Å². The molecular formula is C11H10BrClFNO2. The first kappa shape index (κ1) is 14.1. The second-order valence-electron chi connectivity index (χ2n) is 3.41. The minimum atomic E-state index is -0.703. The van der Waals surface area contributed by atoms with Crippen molar-refractivity contribution in [3.63, 3.8) is 0 Å². The van der Waals surface area contributed by atoms with E-state index in [0.717, 1.165) is 11.0 Å². The molecule has 0 spiro atoms. The molecule has 2 amide bonds. The summed E-state index contributed by atoms with van der Waals surface area (Å²) < 4.78 is 12.9. The number of imide groups is 1. The highest BCUT2D eigenvalue weighted by molar-refractivity contribution is 9.09. The van der Waals surface area contributed by atoms with E-state index in [9.17, 15) is 14.0 Å². The van der Waals surface area contributed by atoms with Crippen molar-refractivity contribution >= 4 is 39.3 Å². The van der Waals surface area contributed by atoms with Crippen LogP contribution in [0.3, 0.4) is 0 Å². The van der Waals surface area contributed by atoms with E-state index in [1.807, 2.05) is 0 Å². The standard InChI is InChI=1S/C11H10BrClFNO2/c1-6(16)15(7(2)17)11(12)9-4-3-8(14)5-10(9)13/h3-5,11H,1-2H3. The number of hydrogen-bond donors (Lipinski definition) is 0. The van der Waals surface area contributed by atoms with Gasteiger partial charge in [0.05, 0.1) is 0 Å². The van der Waals surface area contributed by atoms with Crippen LogP contribution in [0.1, 0.15) is 24.4 Å². The predicted octanol–water partition coefficient (Wildman–Crippen LogP) is 3.27. The molecule has 0 fully saturated rings. The number of carbonyl (C=O) groups is 2. The van der Waals surface area contributed by atoms with Gasteiger partial charge in [-0.25, -0.2) is 4.39 Å². The number of benzene rings is 1. The van der Waals surface area contributed by atoms with E-state index in [2.05, 4.69) is 15.9 Å². The minimum Gasteiger partial charge on any atom is -0.275 e.